The molecular formula is C12H11N3O. The molecule has 2 N–H and O–H groups in total. The molecule has 0 amide bonds. The van der Waals surface area contributed by atoms with Crippen molar-refractivity contribution in [1.82, 2.24) is 9.97 Å². The molecule has 16 heavy (non-hydrogen) atoms. The van der Waals surface area contributed by atoms with Crippen LogP contribution >= 0.6 is 0 Å². The molecule has 0 fully saturated rings. The van der Waals surface area contributed by atoms with Gasteiger partial charge in [0, 0.05) is 23.5 Å². The molecule has 0 radical (unpaired) electrons. The van der Waals surface area contributed by atoms with E-state index in [0.29, 0.717) is 5.56 Å². The number of carbonyl (C=O) groups is 1. The van der Waals surface area contributed by atoms with E-state index >= 15 is 0 Å². The lowest BCUT2D eigenvalue weighted by atomic mass is 10.0. The monoisotopic (exact) mass is 213 g/mol. The first-order chi connectivity index (χ1) is 7.66. The van der Waals surface area contributed by atoms with Crippen molar-refractivity contribution in [1.29, 1.82) is 0 Å². The van der Waals surface area contributed by atoms with Crippen LogP contribution in [0.3, 0.4) is 0 Å². The molecule has 2 aromatic rings. The standard InChI is InChI=1S/C12H11N3O/c1-8(16)9-3-2-4-10(5-9)11-6-14-12(13)15-7-11/h2-7H,1H3,(H2,13,14,15). The number of ketones is 1. The summed E-state index contributed by atoms with van der Waals surface area (Å²) < 4.78 is 0. The smallest absolute Gasteiger partial charge is 0.219 e. The van der Waals surface area contributed by atoms with Gasteiger partial charge in [0.05, 0.1) is 0 Å². The van der Waals surface area contributed by atoms with Crippen LogP contribution in [0.25, 0.3) is 11.1 Å². The number of nitrogens with two attached hydrogens (primary N) is 1. The maximum Gasteiger partial charge on any atom is 0.219 e. The maximum absolute atomic E-state index is 11.2. The van der Waals surface area contributed by atoms with Gasteiger partial charge in [-0.15, -0.1) is 0 Å². The summed E-state index contributed by atoms with van der Waals surface area (Å²) in [6.07, 6.45) is 3.28. The Morgan fingerprint density at radius 2 is 1.88 bits per heavy atom. The van der Waals surface area contributed by atoms with Gasteiger partial charge in [-0.05, 0) is 18.6 Å². The lowest BCUT2D eigenvalue weighted by Crippen LogP contribution is -1.95. The zero-order chi connectivity index (χ0) is 11.5. The number of nitrogens with zero attached hydrogens (tertiary/aromatic N) is 2. The van der Waals surface area contributed by atoms with E-state index in [9.17, 15) is 4.79 Å². The van der Waals surface area contributed by atoms with Crippen LogP contribution in [0.4, 0.5) is 5.95 Å². The van der Waals surface area contributed by atoms with E-state index in [0.717, 1.165) is 11.1 Å². The number of hydrogen-bond donors (Lipinski definition) is 1. The number of hydrogen-bond acceptors (Lipinski definition) is 4. The van der Waals surface area contributed by atoms with Crippen LogP contribution < -0.4 is 5.73 Å². The molecule has 0 unspecified atom stereocenters. The number of benzene rings is 1. The second-order valence-corrected chi connectivity index (χ2v) is 3.47. The average molecular weight is 213 g/mol. The van der Waals surface area contributed by atoms with Gasteiger partial charge in [0.25, 0.3) is 0 Å². The molecule has 0 atom stereocenters. The van der Waals surface area contributed by atoms with E-state index in [1.54, 1.807) is 25.4 Å². The van der Waals surface area contributed by atoms with E-state index < -0.39 is 0 Å². The van der Waals surface area contributed by atoms with E-state index in [-0.39, 0.29) is 11.7 Å². The molecule has 0 bridgehead atoms. The van der Waals surface area contributed by atoms with Gasteiger partial charge in [-0.3, -0.25) is 4.79 Å². The summed E-state index contributed by atoms with van der Waals surface area (Å²) in [4.78, 5) is 19.1. The quantitative estimate of drug-likeness (QED) is 0.774. The summed E-state index contributed by atoms with van der Waals surface area (Å²) in [5.41, 5.74) is 7.84. The Morgan fingerprint density at radius 3 is 2.50 bits per heavy atom. The van der Waals surface area contributed by atoms with Crippen LogP contribution in [0.15, 0.2) is 36.7 Å². The van der Waals surface area contributed by atoms with Gasteiger partial charge in [0.15, 0.2) is 5.78 Å². The molecule has 1 aromatic carbocycles. The first-order valence-corrected chi connectivity index (χ1v) is 4.86. The Bertz CT molecular complexity index is 520. The number of anilines is 1. The first kappa shape index (κ1) is 10.3. The minimum Gasteiger partial charge on any atom is -0.368 e. The minimum atomic E-state index is 0.0400. The van der Waals surface area contributed by atoms with E-state index in [4.69, 9.17) is 5.73 Å². The Morgan fingerprint density at radius 1 is 1.19 bits per heavy atom. The second kappa shape index (κ2) is 4.10. The Hall–Kier alpha value is -2.23. The molecule has 0 aliphatic rings. The van der Waals surface area contributed by atoms with E-state index in [1.807, 2.05) is 18.2 Å². The summed E-state index contributed by atoms with van der Waals surface area (Å²) >= 11 is 0. The summed E-state index contributed by atoms with van der Waals surface area (Å²) in [7, 11) is 0. The average Bonchev–Trinajstić information content (AvgIpc) is 2.30. The summed E-state index contributed by atoms with van der Waals surface area (Å²) in [5, 5.41) is 0. The van der Waals surface area contributed by atoms with Crippen LogP contribution in [0, 0.1) is 0 Å². The molecule has 2 rings (SSSR count). The van der Waals surface area contributed by atoms with Crippen molar-refractivity contribution in [3.63, 3.8) is 0 Å². The predicted molar refractivity (Wildman–Crippen MR) is 61.9 cm³/mol. The Kier molecular flexibility index (Phi) is 2.64. The molecule has 0 aliphatic heterocycles. The van der Waals surface area contributed by atoms with Crippen molar-refractivity contribution >= 4 is 11.7 Å². The molecular weight excluding hydrogens is 202 g/mol. The number of Topliss-reactive ketones (excluding diaryl/α,β-unsaturated/α-hetero) is 1. The zero-order valence-corrected chi connectivity index (χ0v) is 8.84. The first-order valence-electron chi connectivity index (χ1n) is 4.86. The van der Waals surface area contributed by atoms with Gasteiger partial charge in [0.1, 0.15) is 0 Å². The van der Waals surface area contributed by atoms with E-state index in [1.165, 1.54) is 0 Å². The highest BCUT2D eigenvalue weighted by Gasteiger charge is 2.03. The van der Waals surface area contributed by atoms with Gasteiger partial charge in [-0.1, -0.05) is 18.2 Å². The second-order valence-electron chi connectivity index (χ2n) is 3.47. The number of aromatic nitrogens is 2. The lowest BCUT2D eigenvalue weighted by Gasteiger charge is -2.02. The lowest BCUT2D eigenvalue weighted by molar-refractivity contribution is 0.101. The normalized spacial score (nSPS) is 10.1. The fraction of sp³-hybridized carbons (Fsp3) is 0.0833. The third-order valence-corrected chi connectivity index (χ3v) is 2.27. The van der Waals surface area contributed by atoms with Crippen LogP contribution in [0.5, 0.6) is 0 Å². The fourth-order valence-corrected chi connectivity index (χ4v) is 1.40. The Balaban J connectivity index is 2.44. The summed E-state index contributed by atoms with van der Waals surface area (Å²) in [6.45, 7) is 1.54. The van der Waals surface area contributed by atoms with Gasteiger partial charge in [0.2, 0.25) is 5.95 Å². The largest absolute Gasteiger partial charge is 0.368 e. The van der Waals surface area contributed by atoms with Crippen molar-refractivity contribution in [2.75, 3.05) is 5.73 Å². The van der Waals surface area contributed by atoms with Crippen LogP contribution in [0.2, 0.25) is 0 Å². The van der Waals surface area contributed by atoms with Crippen molar-refractivity contribution in [2.24, 2.45) is 0 Å². The predicted octanol–water partition coefficient (Wildman–Crippen LogP) is 1.93. The highest BCUT2D eigenvalue weighted by molar-refractivity contribution is 5.95. The molecule has 0 aliphatic carbocycles. The van der Waals surface area contributed by atoms with E-state index in [2.05, 4.69) is 9.97 Å². The molecule has 0 saturated carbocycles. The molecule has 0 saturated heterocycles. The van der Waals surface area contributed by atoms with Crippen LogP contribution in [-0.2, 0) is 0 Å². The van der Waals surface area contributed by atoms with Gasteiger partial charge >= 0.3 is 0 Å². The van der Waals surface area contributed by atoms with Crippen molar-refractivity contribution in [3.8, 4) is 11.1 Å². The molecule has 4 nitrogen and oxygen atoms in total. The fourth-order valence-electron chi connectivity index (χ4n) is 1.40. The van der Waals surface area contributed by atoms with Gasteiger partial charge in [-0.25, -0.2) is 9.97 Å². The third kappa shape index (κ3) is 2.06. The molecule has 0 spiro atoms. The number of rotatable bonds is 2. The molecule has 4 heteroatoms. The van der Waals surface area contributed by atoms with Crippen LogP contribution in [0.1, 0.15) is 17.3 Å². The third-order valence-electron chi connectivity index (χ3n) is 2.27. The topological polar surface area (TPSA) is 68.9 Å². The van der Waals surface area contributed by atoms with Crippen molar-refractivity contribution < 1.29 is 4.79 Å². The van der Waals surface area contributed by atoms with Gasteiger partial charge in [-0.2, -0.15) is 0 Å². The zero-order valence-electron chi connectivity index (χ0n) is 8.84. The molecule has 1 aromatic heterocycles. The molecule has 1 heterocycles. The molecule has 80 valence electrons. The minimum absolute atomic E-state index is 0.0400. The Labute approximate surface area is 93.2 Å². The summed E-state index contributed by atoms with van der Waals surface area (Å²) in [5.74, 6) is 0.282. The van der Waals surface area contributed by atoms with Crippen molar-refractivity contribution in [2.45, 2.75) is 6.92 Å². The summed E-state index contributed by atoms with van der Waals surface area (Å²) in [6, 6.07) is 7.34. The van der Waals surface area contributed by atoms with Crippen molar-refractivity contribution in [3.05, 3.63) is 42.2 Å². The maximum atomic E-state index is 11.2. The highest BCUT2D eigenvalue weighted by Crippen LogP contribution is 2.19. The van der Waals surface area contributed by atoms with Gasteiger partial charge < -0.3 is 5.73 Å². The van der Waals surface area contributed by atoms with Crippen LogP contribution in [-0.4, -0.2) is 15.8 Å². The SMILES string of the molecule is CC(=O)c1cccc(-c2cnc(N)nc2)c1. The number of nitrogen functional groups attached to an aromatic ring is 1. The number of carbonyl (C=O) groups excluding carboxylic acids is 1. The highest BCUT2D eigenvalue weighted by atomic mass is 16.1.